The number of nitrogens with zero attached hydrogens (tertiary/aromatic N) is 1. The molecular weight excluding hydrogens is 248 g/mol. The lowest BCUT2D eigenvalue weighted by molar-refractivity contribution is 0.0944. The lowest BCUT2D eigenvalue weighted by Crippen LogP contribution is -2.32. The number of carbonyl (C=O) groups excluding carboxylic acids is 1. The predicted molar refractivity (Wildman–Crippen MR) is 69.7 cm³/mol. The van der Waals surface area contributed by atoms with E-state index in [1.54, 1.807) is 5.51 Å². The fourth-order valence-corrected chi connectivity index (χ4v) is 3.10. The molecule has 0 aromatic carbocycles. The van der Waals surface area contributed by atoms with Gasteiger partial charge in [-0.3, -0.25) is 4.79 Å². The third-order valence-electron chi connectivity index (χ3n) is 3.49. The molecule has 0 saturated heterocycles. The molecule has 0 aliphatic heterocycles. The van der Waals surface area contributed by atoms with Crippen molar-refractivity contribution in [1.82, 2.24) is 10.3 Å². The van der Waals surface area contributed by atoms with Gasteiger partial charge in [-0.15, -0.1) is 11.3 Å². The SMILES string of the molecule is O=C(N[C@@H]1C=C[C@H](CO)C1)c1scnc1C1CC1. The van der Waals surface area contributed by atoms with E-state index < -0.39 is 0 Å². The summed E-state index contributed by atoms with van der Waals surface area (Å²) in [6.45, 7) is 0.150. The van der Waals surface area contributed by atoms with E-state index in [0.29, 0.717) is 5.92 Å². The van der Waals surface area contributed by atoms with Gasteiger partial charge in [0.05, 0.1) is 11.2 Å². The zero-order valence-electron chi connectivity index (χ0n) is 10.0. The summed E-state index contributed by atoms with van der Waals surface area (Å²) in [5, 5.41) is 12.1. The lowest BCUT2D eigenvalue weighted by Gasteiger charge is -2.12. The first-order chi connectivity index (χ1) is 8.78. The quantitative estimate of drug-likeness (QED) is 0.813. The van der Waals surface area contributed by atoms with Crippen LogP contribution in [0.2, 0.25) is 0 Å². The van der Waals surface area contributed by atoms with Crippen molar-refractivity contribution in [3.05, 3.63) is 28.2 Å². The molecule has 1 fully saturated rings. The molecule has 3 rings (SSSR count). The van der Waals surface area contributed by atoms with Crippen LogP contribution in [0.5, 0.6) is 0 Å². The molecule has 1 aromatic rings. The molecule has 0 radical (unpaired) electrons. The molecule has 0 bridgehead atoms. The van der Waals surface area contributed by atoms with Crippen LogP contribution in [-0.4, -0.2) is 28.6 Å². The second-order valence-electron chi connectivity index (χ2n) is 4.98. The van der Waals surface area contributed by atoms with Crippen LogP contribution in [0, 0.1) is 5.92 Å². The van der Waals surface area contributed by atoms with Crippen molar-refractivity contribution < 1.29 is 9.90 Å². The van der Waals surface area contributed by atoms with Crippen molar-refractivity contribution in [3.63, 3.8) is 0 Å². The molecule has 18 heavy (non-hydrogen) atoms. The number of aliphatic hydroxyl groups is 1. The van der Waals surface area contributed by atoms with E-state index in [4.69, 9.17) is 5.11 Å². The number of thiazole rings is 1. The molecule has 1 aromatic heterocycles. The second kappa shape index (κ2) is 4.82. The molecule has 2 aliphatic carbocycles. The Morgan fingerprint density at radius 2 is 2.33 bits per heavy atom. The monoisotopic (exact) mass is 264 g/mol. The Balaban J connectivity index is 1.64. The van der Waals surface area contributed by atoms with Crippen LogP contribution in [0.15, 0.2) is 17.7 Å². The largest absolute Gasteiger partial charge is 0.396 e. The highest BCUT2D eigenvalue weighted by Gasteiger charge is 2.31. The van der Waals surface area contributed by atoms with E-state index in [2.05, 4.69) is 10.3 Å². The van der Waals surface area contributed by atoms with Crippen molar-refractivity contribution in [1.29, 1.82) is 0 Å². The summed E-state index contributed by atoms with van der Waals surface area (Å²) in [5.74, 6) is 0.661. The van der Waals surface area contributed by atoms with E-state index in [1.807, 2.05) is 12.2 Å². The van der Waals surface area contributed by atoms with Gasteiger partial charge in [-0.25, -0.2) is 4.98 Å². The number of carbonyl (C=O) groups is 1. The van der Waals surface area contributed by atoms with Crippen LogP contribution in [0.1, 0.15) is 40.5 Å². The van der Waals surface area contributed by atoms with Crippen molar-refractivity contribution in [2.45, 2.75) is 31.2 Å². The highest BCUT2D eigenvalue weighted by molar-refractivity contribution is 7.11. The highest BCUT2D eigenvalue weighted by atomic mass is 32.1. The Morgan fingerprint density at radius 1 is 1.50 bits per heavy atom. The topological polar surface area (TPSA) is 62.2 Å². The van der Waals surface area contributed by atoms with Gasteiger partial charge in [0.15, 0.2) is 0 Å². The average molecular weight is 264 g/mol. The molecule has 1 saturated carbocycles. The van der Waals surface area contributed by atoms with Gasteiger partial charge < -0.3 is 10.4 Å². The highest BCUT2D eigenvalue weighted by Crippen LogP contribution is 2.41. The molecule has 1 amide bonds. The van der Waals surface area contributed by atoms with E-state index in [1.165, 1.54) is 11.3 Å². The zero-order valence-corrected chi connectivity index (χ0v) is 10.8. The fourth-order valence-electron chi connectivity index (χ4n) is 2.32. The standard InChI is InChI=1S/C13H16N2O2S/c16-6-8-1-4-10(5-8)15-13(17)12-11(9-2-3-9)14-7-18-12/h1,4,7-10,16H,2-3,5-6H2,(H,15,17)/t8-,10+/m0/s1. The Bertz CT molecular complexity index is 479. The third-order valence-corrected chi connectivity index (χ3v) is 4.33. The number of rotatable bonds is 4. The maximum atomic E-state index is 12.2. The van der Waals surface area contributed by atoms with Crippen molar-refractivity contribution in [2.24, 2.45) is 5.92 Å². The number of aliphatic hydroxyl groups excluding tert-OH is 1. The van der Waals surface area contributed by atoms with Crippen LogP contribution in [0.4, 0.5) is 0 Å². The summed E-state index contributed by atoms with van der Waals surface area (Å²) >= 11 is 1.42. The summed E-state index contributed by atoms with van der Waals surface area (Å²) in [6, 6.07) is 0.0452. The van der Waals surface area contributed by atoms with Crippen molar-refractivity contribution >= 4 is 17.2 Å². The summed E-state index contributed by atoms with van der Waals surface area (Å²) in [6.07, 6.45) is 7.04. The normalized spacial score (nSPS) is 26.5. The minimum atomic E-state index is -0.0207. The molecule has 0 spiro atoms. The van der Waals surface area contributed by atoms with Gasteiger partial charge in [0.2, 0.25) is 0 Å². The van der Waals surface area contributed by atoms with Crippen LogP contribution in [0.3, 0.4) is 0 Å². The Kier molecular flexibility index (Phi) is 3.18. The van der Waals surface area contributed by atoms with Gasteiger partial charge in [0.25, 0.3) is 5.91 Å². The summed E-state index contributed by atoms with van der Waals surface area (Å²) < 4.78 is 0. The summed E-state index contributed by atoms with van der Waals surface area (Å²) in [4.78, 5) is 17.2. The maximum absolute atomic E-state index is 12.2. The molecule has 4 nitrogen and oxygen atoms in total. The van der Waals surface area contributed by atoms with E-state index in [9.17, 15) is 4.79 Å². The number of amides is 1. The van der Waals surface area contributed by atoms with Crippen molar-refractivity contribution in [3.8, 4) is 0 Å². The first-order valence-electron chi connectivity index (χ1n) is 6.31. The molecule has 5 heteroatoms. The van der Waals surface area contributed by atoms with Crippen LogP contribution >= 0.6 is 11.3 Å². The van der Waals surface area contributed by atoms with Gasteiger partial charge in [-0.05, 0) is 19.3 Å². The Morgan fingerprint density at radius 3 is 3.00 bits per heavy atom. The van der Waals surface area contributed by atoms with Gasteiger partial charge in [-0.2, -0.15) is 0 Å². The molecule has 1 heterocycles. The second-order valence-corrected chi connectivity index (χ2v) is 5.84. The molecular formula is C13H16N2O2S. The van der Waals surface area contributed by atoms with E-state index in [0.717, 1.165) is 29.8 Å². The molecule has 2 N–H and O–H groups in total. The average Bonchev–Trinajstić information content (AvgIpc) is 2.93. The van der Waals surface area contributed by atoms with Gasteiger partial charge >= 0.3 is 0 Å². The summed E-state index contributed by atoms with van der Waals surface area (Å²) in [5.41, 5.74) is 2.72. The maximum Gasteiger partial charge on any atom is 0.263 e. The van der Waals surface area contributed by atoms with Crippen LogP contribution in [0.25, 0.3) is 0 Å². The fraction of sp³-hybridized carbons (Fsp3) is 0.538. The number of aromatic nitrogens is 1. The zero-order chi connectivity index (χ0) is 12.5. The van der Waals surface area contributed by atoms with Crippen molar-refractivity contribution in [2.75, 3.05) is 6.61 Å². The van der Waals surface area contributed by atoms with Gasteiger partial charge in [0.1, 0.15) is 4.88 Å². The predicted octanol–water partition coefficient (Wildman–Crippen LogP) is 1.69. The summed E-state index contributed by atoms with van der Waals surface area (Å²) in [7, 11) is 0. The third kappa shape index (κ3) is 2.33. The smallest absolute Gasteiger partial charge is 0.263 e. The van der Waals surface area contributed by atoms with E-state index >= 15 is 0 Å². The Labute approximate surface area is 110 Å². The minimum Gasteiger partial charge on any atom is -0.396 e. The molecule has 2 atom stereocenters. The lowest BCUT2D eigenvalue weighted by atomic mass is 10.1. The van der Waals surface area contributed by atoms with Crippen LogP contribution < -0.4 is 5.32 Å². The molecule has 96 valence electrons. The first-order valence-corrected chi connectivity index (χ1v) is 7.19. The molecule has 0 unspecified atom stereocenters. The van der Waals surface area contributed by atoms with E-state index in [-0.39, 0.29) is 24.5 Å². The number of nitrogens with one attached hydrogen (secondary N) is 1. The van der Waals surface area contributed by atoms with Crippen LogP contribution in [-0.2, 0) is 0 Å². The number of hydrogen-bond donors (Lipinski definition) is 2. The molecule has 2 aliphatic rings. The number of hydrogen-bond acceptors (Lipinski definition) is 4. The van der Waals surface area contributed by atoms with Gasteiger partial charge in [0, 0.05) is 24.5 Å². The first kappa shape index (κ1) is 11.9. The Hall–Kier alpha value is -1.20. The van der Waals surface area contributed by atoms with Gasteiger partial charge in [-0.1, -0.05) is 12.2 Å². The minimum absolute atomic E-state index is 0.0207.